The predicted molar refractivity (Wildman–Crippen MR) is 81.0 cm³/mol. The maximum Gasteiger partial charge on any atom is 0.287 e. The van der Waals surface area contributed by atoms with E-state index in [1.54, 1.807) is 6.20 Å². The molecule has 1 atom stereocenters. The molecule has 108 valence electrons. The van der Waals surface area contributed by atoms with Crippen molar-refractivity contribution in [2.24, 2.45) is 0 Å². The largest absolute Gasteiger partial charge is 0.380 e. The van der Waals surface area contributed by atoms with Gasteiger partial charge in [0.2, 0.25) is 0 Å². The molecule has 0 bridgehead atoms. The van der Waals surface area contributed by atoms with Crippen molar-refractivity contribution < 1.29 is 0 Å². The Morgan fingerprint density at radius 1 is 1.37 bits per heavy atom. The topological polar surface area (TPSA) is 46.9 Å². The zero-order chi connectivity index (χ0) is 14.3. The minimum atomic E-state index is -0.206. The van der Waals surface area contributed by atoms with Gasteiger partial charge in [0, 0.05) is 12.6 Å². The van der Waals surface area contributed by atoms with E-state index in [4.69, 9.17) is 11.6 Å². The maximum absolute atomic E-state index is 12.0. The Balaban J connectivity index is 2.75. The zero-order valence-electron chi connectivity index (χ0n) is 12.1. The minimum Gasteiger partial charge on any atom is -0.380 e. The number of hydrogen-bond donors (Lipinski definition) is 1. The van der Waals surface area contributed by atoms with Gasteiger partial charge in [0.05, 0.1) is 11.9 Å². The van der Waals surface area contributed by atoms with Crippen molar-refractivity contribution in [3.8, 4) is 0 Å². The first-order chi connectivity index (χ1) is 9.10. The number of nitrogens with zero attached hydrogens (tertiary/aromatic N) is 2. The molecule has 1 unspecified atom stereocenters. The Morgan fingerprint density at radius 2 is 2.05 bits per heavy atom. The van der Waals surface area contributed by atoms with Crippen molar-refractivity contribution in [3.63, 3.8) is 0 Å². The molecule has 1 rings (SSSR count). The van der Waals surface area contributed by atoms with Gasteiger partial charge in [-0.1, -0.05) is 44.7 Å². The van der Waals surface area contributed by atoms with Crippen molar-refractivity contribution in [2.75, 3.05) is 5.32 Å². The Bertz CT molecular complexity index is 445. The van der Waals surface area contributed by atoms with Crippen LogP contribution in [-0.4, -0.2) is 15.8 Å². The van der Waals surface area contributed by atoms with Gasteiger partial charge in [-0.2, -0.15) is 5.10 Å². The molecular formula is C14H24ClN3O. The number of rotatable bonds is 8. The van der Waals surface area contributed by atoms with Crippen LogP contribution in [0.25, 0.3) is 0 Å². The van der Waals surface area contributed by atoms with Crippen LogP contribution >= 0.6 is 11.6 Å². The molecule has 0 fully saturated rings. The van der Waals surface area contributed by atoms with E-state index in [0.717, 1.165) is 32.1 Å². The van der Waals surface area contributed by atoms with Crippen LogP contribution in [0.3, 0.4) is 0 Å². The fraction of sp³-hybridized carbons (Fsp3) is 0.714. The van der Waals surface area contributed by atoms with Crippen molar-refractivity contribution >= 4 is 17.3 Å². The molecule has 0 spiro atoms. The molecule has 19 heavy (non-hydrogen) atoms. The van der Waals surface area contributed by atoms with E-state index < -0.39 is 0 Å². The van der Waals surface area contributed by atoms with Gasteiger partial charge < -0.3 is 5.32 Å². The molecule has 0 aliphatic heterocycles. The number of hydrogen-bond acceptors (Lipinski definition) is 3. The van der Waals surface area contributed by atoms with Crippen LogP contribution in [-0.2, 0) is 6.54 Å². The number of nitrogens with one attached hydrogen (secondary N) is 1. The molecule has 1 N–H and O–H groups in total. The average molecular weight is 286 g/mol. The molecule has 0 amide bonds. The first-order valence-electron chi connectivity index (χ1n) is 7.12. The zero-order valence-corrected chi connectivity index (χ0v) is 12.8. The van der Waals surface area contributed by atoms with Crippen LogP contribution in [0.4, 0.5) is 5.69 Å². The summed E-state index contributed by atoms with van der Waals surface area (Å²) in [7, 11) is 0. The molecule has 0 saturated carbocycles. The highest BCUT2D eigenvalue weighted by Gasteiger charge is 2.11. The van der Waals surface area contributed by atoms with Gasteiger partial charge in [-0.05, 0) is 19.8 Å². The summed E-state index contributed by atoms with van der Waals surface area (Å²) in [4.78, 5) is 12.0. The summed E-state index contributed by atoms with van der Waals surface area (Å²) < 4.78 is 1.44. The number of aryl methyl sites for hydroxylation is 1. The second-order valence-corrected chi connectivity index (χ2v) is 5.32. The Labute approximate surface area is 120 Å². The van der Waals surface area contributed by atoms with Gasteiger partial charge in [0.25, 0.3) is 5.56 Å². The molecular weight excluding hydrogens is 262 g/mol. The highest BCUT2D eigenvalue weighted by Crippen LogP contribution is 2.17. The fourth-order valence-electron chi connectivity index (χ4n) is 1.88. The summed E-state index contributed by atoms with van der Waals surface area (Å²) in [6.07, 6.45) is 7.00. The molecule has 0 aromatic carbocycles. The van der Waals surface area contributed by atoms with Crippen LogP contribution < -0.4 is 10.9 Å². The third kappa shape index (κ3) is 4.86. The van der Waals surface area contributed by atoms with Crippen LogP contribution in [0.5, 0.6) is 0 Å². The van der Waals surface area contributed by atoms with Crippen LogP contribution in [0.2, 0.25) is 5.02 Å². The van der Waals surface area contributed by atoms with E-state index in [9.17, 15) is 4.79 Å². The highest BCUT2D eigenvalue weighted by atomic mass is 35.5. The summed E-state index contributed by atoms with van der Waals surface area (Å²) >= 11 is 6.12. The fourth-order valence-corrected chi connectivity index (χ4v) is 2.08. The normalized spacial score (nSPS) is 12.4. The van der Waals surface area contributed by atoms with E-state index in [2.05, 4.69) is 31.2 Å². The molecule has 4 nitrogen and oxygen atoms in total. The van der Waals surface area contributed by atoms with Crippen molar-refractivity contribution in [3.05, 3.63) is 21.6 Å². The van der Waals surface area contributed by atoms with Crippen LogP contribution in [0.1, 0.15) is 52.9 Å². The molecule has 0 aliphatic carbocycles. The number of aromatic nitrogens is 2. The minimum absolute atomic E-state index is 0.206. The third-order valence-corrected chi connectivity index (χ3v) is 3.47. The monoisotopic (exact) mass is 285 g/mol. The predicted octanol–water partition coefficient (Wildman–Crippen LogP) is 3.69. The van der Waals surface area contributed by atoms with Gasteiger partial charge in [-0.25, -0.2) is 4.68 Å². The second-order valence-electron chi connectivity index (χ2n) is 4.94. The molecule has 1 aromatic rings. The quantitative estimate of drug-likeness (QED) is 0.792. The third-order valence-electron chi connectivity index (χ3n) is 3.10. The summed E-state index contributed by atoms with van der Waals surface area (Å²) in [5.41, 5.74) is 0.436. The van der Waals surface area contributed by atoms with Crippen molar-refractivity contribution in [2.45, 2.75) is 65.5 Å². The van der Waals surface area contributed by atoms with Crippen LogP contribution in [0, 0.1) is 0 Å². The summed E-state index contributed by atoms with van der Waals surface area (Å²) in [5.74, 6) is 0. The summed E-state index contributed by atoms with van der Waals surface area (Å²) in [5, 5.41) is 7.67. The molecule has 1 aromatic heterocycles. The molecule has 1 heterocycles. The highest BCUT2D eigenvalue weighted by molar-refractivity contribution is 6.32. The number of anilines is 1. The van der Waals surface area contributed by atoms with Crippen LogP contribution in [0.15, 0.2) is 11.0 Å². The molecule has 0 aliphatic rings. The lowest BCUT2D eigenvalue weighted by molar-refractivity contribution is 0.542. The summed E-state index contributed by atoms with van der Waals surface area (Å²) in [6, 6.07) is 0.296. The molecule has 5 heteroatoms. The number of unbranched alkanes of at least 4 members (excludes halogenated alkanes) is 2. The van der Waals surface area contributed by atoms with Crippen molar-refractivity contribution in [1.29, 1.82) is 0 Å². The van der Waals surface area contributed by atoms with Gasteiger partial charge in [0.1, 0.15) is 5.02 Å². The van der Waals surface area contributed by atoms with Crippen molar-refractivity contribution in [1.82, 2.24) is 9.78 Å². The van der Waals surface area contributed by atoms with Gasteiger partial charge in [0.15, 0.2) is 0 Å². The Morgan fingerprint density at radius 3 is 2.68 bits per heavy atom. The lowest BCUT2D eigenvalue weighted by atomic mass is 10.1. The number of halogens is 1. The van der Waals surface area contributed by atoms with E-state index in [-0.39, 0.29) is 10.6 Å². The van der Waals surface area contributed by atoms with E-state index in [0.29, 0.717) is 18.3 Å². The van der Waals surface area contributed by atoms with E-state index >= 15 is 0 Å². The van der Waals surface area contributed by atoms with Gasteiger partial charge in [-0.15, -0.1) is 0 Å². The summed E-state index contributed by atoms with van der Waals surface area (Å²) in [6.45, 7) is 6.96. The van der Waals surface area contributed by atoms with Gasteiger partial charge in [-0.3, -0.25) is 4.79 Å². The van der Waals surface area contributed by atoms with Gasteiger partial charge >= 0.3 is 0 Å². The van der Waals surface area contributed by atoms with E-state index in [1.165, 1.54) is 4.68 Å². The SMILES string of the molecule is CCCCC(C)Nc1cnn(CCCC)c(=O)c1Cl. The average Bonchev–Trinajstić information content (AvgIpc) is 2.41. The Kier molecular flexibility index (Phi) is 6.92. The second kappa shape index (κ2) is 8.20. The Hall–Kier alpha value is -1.03. The lowest BCUT2D eigenvalue weighted by Crippen LogP contribution is -2.26. The first kappa shape index (κ1) is 16.0. The maximum atomic E-state index is 12.0. The molecule has 0 radical (unpaired) electrons. The molecule has 0 saturated heterocycles. The lowest BCUT2D eigenvalue weighted by Gasteiger charge is -2.16. The smallest absolute Gasteiger partial charge is 0.287 e. The first-order valence-corrected chi connectivity index (χ1v) is 7.50. The van der Waals surface area contributed by atoms with E-state index in [1.807, 2.05) is 0 Å². The standard InChI is InChI=1S/C14H24ClN3O/c1-4-6-8-11(3)17-12-10-16-18(9-7-5-2)14(19)13(12)15/h10-11,17H,4-9H2,1-3H3.